The average molecular weight is 379 g/mol. The predicted molar refractivity (Wildman–Crippen MR) is 96.7 cm³/mol. The molecule has 1 N–H and O–H groups in total. The van der Waals surface area contributed by atoms with E-state index in [1.165, 1.54) is 9.80 Å². The third-order valence-corrected chi connectivity index (χ3v) is 6.15. The zero-order valence-corrected chi connectivity index (χ0v) is 15.9. The first-order chi connectivity index (χ1) is 12.9. The fourth-order valence-corrected chi connectivity index (χ4v) is 4.56. The summed E-state index contributed by atoms with van der Waals surface area (Å²) in [5.74, 6) is -2.16. The maximum Gasteiger partial charge on any atom is 0.308 e. The normalized spacial score (nSPS) is 26.5. The van der Waals surface area contributed by atoms with Crippen LogP contribution in [0.1, 0.15) is 44.9 Å². The molecule has 8 nitrogen and oxygen atoms in total. The Morgan fingerprint density at radius 3 is 2.44 bits per heavy atom. The summed E-state index contributed by atoms with van der Waals surface area (Å²) in [6.07, 6.45) is 5.76. The molecule has 0 aromatic rings. The summed E-state index contributed by atoms with van der Waals surface area (Å²) in [5.41, 5.74) is 0. The van der Waals surface area contributed by atoms with Crippen LogP contribution in [-0.2, 0) is 19.2 Å². The summed E-state index contributed by atoms with van der Waals surface area (Å²) in [5, 5.41) is 9.15. The minimum Gasteiger partial charge on any atom is -0.481 e. The van der Waals surface area contributed by atoms with Gasteiger partial charge >= 0.3 is 5.97 Å². The van der Waals surface area contributed by atoms with Gasteiger partial charge in [0, 0.05) is 39.1 Å². The van der Waals surface area contributed by atoms with Crippen molar-refractivity contribution in [1.29, 1.82) is 0 Å². The molecule has 0 bridgehead atoms. The second kappa shape index (κ2) is 8.27. The number of carbonyl (C=O) groups is 4. The fourth-order valence-electron chi connectivity index (χ4n) is 4.56. The van der Waals surface area contributed by atoms with Gasteiger partial charge in [0.05, 0.1) is 18.4 Å². The van der Waals surface area contributed by atoms with Gasteiger partial charge in [0.25, 0.3) is 0 Å². The number of carboxylic acid groups (broad SMARTS) is 1. The molecule has 2 heterocycles. The molecule has 2 atom stereocenters. The van der Waals surface area contributed by atoms with Crippen LogP contribution in [0.15, 0.2) is 0 Å². The van der Waals surface area contributed by atoms with E-state index >= 15 is 0 Å². The first-order valence-electron chi connectivity index (χ1n) is 9.92. The van der Waals surface area contributed by atoms with Crippen molar-refractivity contribution >= 4 is 23.7 Å². The van der Waals surface area contributed by atoms with Gasteiger partial charge in [0.15, 0.2) is 0 Å². The van der Waals surface area contributed by atoms with Crippen LogP contribution in [0.4, 0.5) is 0 Å². The topological polar surface area (TPSA) is 98.2 Å². The highest BCUT2D eigenvalue weighted by molar-refractivity contribution is 5.91. The van der Waals surface area contributed by atoms with Gasteiger partial charge in [-0.25, -0.2) is 0 Å². The zero-order valence-electron chi connectivity index (χ0n) is 15.9. The van der Waals surface area contributed by atoms with Crippen molar-refractivity contribution in [3.63, 3.8) is 0 Å². The number of hydrogen-bond donors (Lipinski definition) is 1. The van der Waals surface area contributed by atoms with Crippen LogP contribution in [-0.4, -0.2) is 82.8 Å². The van der Waals surface area contributed by atoms with Crippen LogP contribution in [0.3, 0.4) is 0 Å². The van der Waals surface area contributed by atoms with Crippen molar-refractivity contribution in [1.82, 2.24) is 14.7 Å². The Hall–Kier alpha value is -2.12. The van der Waals surface area contributed by atoms with Crippen LogP contribution in [0.5, 0.6) is 0 Å². The number of hydrogen-bond acceptors (Lipinski definition) is 4. The molecular weight excluding hydrogens is 350 g/mol. The number of nitrogens with zero attached hydrogens (tertiary/aromatic N) is 3. The van der Waals surface area contributed by atoms with Crippen LogP contribution in [0.2, 0.25) is 0 Å². The molecule has 8 heteroatoms. The number of amides is 3. The van der Waals surface area contributed by atoms with Gasteiger partial charge < -0.3 is 19.8 Å². The van der Waals surface area contributed by atoms with E-state index in [1.54, 1.807) is 7.05 Å². The molecule has 0 radical (unpaired) electrons. The zero-order chi connectivity index (χ0) is 19.6. The molecule has 2 saturated heterocycles. The van der Waals surface area contributed by atoms with Crippen LogP contribution in [0.25, 0.3) is 0 Å². The molecular formula is C19H29N3O5. The standard InChI is InChI=1S/C19H29N3O5/c1-20(12-17(24)21-8-4-5-13(10-21)19(26)27)18(25)14-9-16(23)22(11-14)15-6-2-3-7-15/h13-15H,2-12H2,1H3,(H,26,27). The first kappa shape index (κ1) is 19.6. The minimum absolute atomic E-state index is 0.0420. The third kappa shape index (κ3) is 4.42. The third-order valence-electron chi connectivity index (χ3n) is 6.15. The molecule has 150 valence electrons. The van der Waals surface area contributed by atoms with Gasteiger partial charge in [-0.1, -0.05) is 12.8 Å². The number of likely N-dealkylation sites (N-methyl/N-ethyl adjacent to an activating group) is 1. The SMILES string of the molecule is CN(CC(=O)N1CCCC(C(=O)O)C1)C(=O)C1CC(=O)N(C2CCCC2)C1. The number of likely N-dealkylation sites (tertiary alicyclic amines) is 2. The van der Waals surface area contributed by atoms with E-state index in [0.29, 0.717) is 25.9 Å². The Kier molecular flexibility index (Phi) is 6.01. The van der Waals surface area contributed by atoms with E-state index in [9.17, 15) is 19.2 Å². The highest BCUT2D eigenvalue weighted by Crippen LogP contribution is 2.30. The Bertz CT molecular complexity index is 616. The summed E-state index contributed by atoms with van der Waals surface area (Å²) in [4.78, 5) is 53.5. The van der Waals surface area contributed by atoms with E-state index in [0.717, 1.165) is 25.7 Å². The van der Waals surface area contributed by atoms with E-state index in [-0.39, 0.29) is 49.2 Å². The molecule has 2 aliphatic heterocycles. The van der Waals surface area contributed by atoms with Crippen molar-refractivity contribution in [2.24, 2.45) is 11.8 Å². The smallest absolute Gasteiger partial charge is 0.308 e. The van der Waals surface area contributed by atoms with Crippen LogP contribution < -0.4 is 0 Å². The summed E-state index contributed by atoms with van der Waals surface area (Å²) in [6.45, 7) is 1.11. The van der Waals surface area contributed by atoms with Gasteiger partial charge in [-0.3, -0.25) is 19.2 Å². The number of rotatable bonds is 5. The Morgan fingerprint density at radius 2 is 1.78 bits per heavy atom. The number of carboxylic acids is 1. The molecule has 3 aliphatic rings. The fraction of sp³-hybridized carbons (Fsp3) is 0.789. The van der Waals surface area contributed by atoms with Crippen molar-refractivity contribution in [3.05, 3.63) is 0 Å². The summed E-state index contributed by atoms with van der Waals surface area (Å²) in [6, 6.07) is 0.267. The number of carbonyl (C=O) groups excluding carboxylic acids is 3. The summed E-state index contributed by atoms with van der Waals surface area (Å²) < 4.78 is 0. The second-order valence-corrected chi connectivity index (χ2v) is 8.10. The lowest BCUT2D eigenvalue weighted by Crippen LogP contribution is -2.48. The lowest BCUT2D eigenvalue weighted by molar-refractivity contribution is -0.147. The molecule has 1 saturated carbocycles. The molecule has 0 spiro atoms. The van der Waals surface area contributed by atoms with Gasteiger partial charge in [-0.15, -0.1) is 0 Å². The van der Waals surface area contributed by atoms with Gasteiger partial charge in [-0.2, -0.15) is 0 Å². The maximum absolute atomic E-state index is 12.7. The number of aliphatic carboxylic acids is 1. The van der Waals surface area contributed by atoms with E-state index in [2.05, 4.69) is 0 Å². The van der Waals surface area contributed by atoms with Gasteiger partial charge in [0.2, 0.25) is 17.7 Å². The maximum atomic E-state index is 12.7. The highest BCUT2D eigenvalue weighted by Gasteiger charge is 2.40. The molecule has 2 unspecified atom stereocenters. The Balaban J connectivity index is 1.52. The largest absolute Gasteiger partial charge is 0.481 e. The molecule has 27 heavy (non-hydrogen) atoms. The van der Waals surface area contributed by atoms with Crippen molar-refractivity contribution < 1.29 is 24.3 Å². The summed E-state index contributed by atoms with van der Waals surface area (Å²) >= 11 is 0. The van der Waals surface area contributed by atoms with Crippen molar-refractivity contribution in [2.75, 3.05) is 33.2 Å². The van der Waals surface area contributed by atoms with E-state index in [4.69, 9.17) is 5.11 Å². The Morgan fingerprint density at radius 1 is 1.07 bits per heavy atom. The monoisotopic (exact) mass is 379 g/mol. The molecule has 3 amide bonds. The molecule has 1 aliphatic carbocycles. The lowest BCUT2D eigenvalue weighted by atomic mass is 9.98. The number of piperidine rings is 1. The first-order valence-corrected chi connectivity index (χ1v) is 9.92. The lowest BCUT2D eigenvalue weighted by Gasteiger charge is -2.32. The quantitative estimate of drug-likeness (QED) is 0.753. The van der Waals surface area contributed by atoms with Crippen LogP contribution in [0, 0.1) is 11.8 Å². The Labute approximate surface area is 159 Å². The van der Waals surface area contributed by atoms with Gasteiger partial charge in [-0.05, 0) is 25.7 Å². The van der Waals surface area contributed by atoms with Crippen LogP contribution >= 0.6 is 0 Å². The summed E-state index contributed by atoms with van der Waals surface area (Å²) in [7, 11) is 1.58. The molecule has 3 fully saturated rings. The molecule has 0 aromatic heterocycles. The highest BCUT2D eigenvalue weighted by atomic mass is 16.4. The van der Waals surface area contributed by atoms with Crippen molar-refractivity contribution in [2.45, 2.75) is 51.0 Å². The molecule has 3 rings (SSSR count). The van der Waals surface area contributed by atoms with Gasteiger partial charge in [0.1, 0.15) is 0 Å². The van der Waals surface area contributed by atoms with E-state index < -0.39 is 11.9 Å². The molecule has 0 aromatic carbocycles. The van der Waals surface area contributed by atoms with Crippen molar-refractivity contribution in [3.8, 4) is 0 Å². The minimum atomic E-state index is -0.881. The second-order valence-electron chi connectivity index (χ2n) is 8.10. The average Bonchev–Trinajstić information content (AvgIpc) is 3.30. The van der Waals surface area contributed by atoms with E-state index in [1.807, 2.05) is 4.90 Å². The predicted octanol–water partition coefficient (Wildman–Crippen LogP) is 0.559.